The number of H-pyrrole nitrogens is 1. The van der Waals surface area contributed by atoms with Crippen LogP contribution < -0.4 is 5.32 Å². The average Bonchev–Trinajstić information content (AvgIpc) is 2.98. The molecule has 3 heterocycles. The lowest BCUT2D eigenvalue weighted by Gasteiger charge is -2.32. The van der Waals surface area contributed by atoms with Gasteiger partial charge in [-0.25, -0.2) is 9.97 Å². The van der Waals surface area contributed by atoms with Gasteiger partial charge < -0.3 is 10.3 Å². The average molecular weight is 335 g/mol. The van der Waals surface area contributed by atoms with Crippen LogP contribution in [0.2, 0.25) is 0 Å². The Morgan fingerprint density at radius 3 is 2.64 bits per heavy atom. The third-order valence-electron chi connectivity index (χ3n) is 4.91. The van der Waals surface area contributed by atoms with Crippen molar-refractivity contribution in [3.63, 3.8) is 0 Å². The molecule has 1 aliphatic heterocycles. The summed E-state index contributed by atoms with van der Waals surface area (Å²) >= 11 is 0. The lowest BCUT2D eigenvalue weighted by Crippen LogP contribution is -2.38. The van der Waals surface area contributed by atoms with Gasteiger partial charge in [0.05, 0.1) is 5.39 Å². The summed E-state index contributed by atoms with van der Waals surface area (Å²) in [6.45, 7) is 7.28. The van der Waals surface area contributed by atoms with Gasteiger partial charge >= 0.3 is 0 Å². The molecular weight excluding hydrogens is 310 g/mol. The molecule has 4 rings (SSSR count). The highest BCUT2D eigenvalue weighted by molar-refractivity contribution is 5.88. The van der Waals surface area contributed by atoms with Gasteiger partial charge in [0, 0.05) is 31.4 Å². The summed E-state index contributed by atoms with van der Waals surface area (Å²) < 4.78 is 0. The van der Waals surface area contributed by atoms with Crippen molar-refractivity contribution in [3.05, 3.63) is 53.5 Å². The molecule has 1 fully saturated rings. The van der Waals surface area contributed by atoms with Gasteiger partial charge in [-0.15, -0.1) is 0 Å². The maximum absolute atomic E-state index is 4.64. The largest absolute Gasteiger partial charge is 0.367 e. The van der Waals surface area contributed by atoms with Crippen molar-refractivity contribution in [2.45, 2.75) is 39.3 Å². The molecule has 0 amide bonds. The Bertz CT molecular complexity index is 847. The summed E-state index contributed by atoms with van der Waals surface area (Å²) in [5, 5.41) is 4.76. The van der Waals surface area contributed by atoms with Gasteiger partial charge in [-0.3, -0.25) is 4.90 Å². The smallest absolute Gasteiger partial charge is 0.143 e. The number of aromatic amines is 1. The van der Waals surface area contributed by atoms with Gasteiger partial charge in [0.1, 0.15) is 17.3 Å². The zero-order valence-corrected chi connectivity index (χ0v) is 14.9. The second kappa shape index (κ2) is 6.84. The Balaban J connectivity index is 1.40. The van der Waals surface area contributed by atoms with E-state index in [-0.39, 0.29) is 0 Å². The molecule has 1 aliphatic rings. The molecule has 3 aromatic rings. The van der Waals surface area contributed by atoms with Gasteiger partial charge in [0.2, 0.25) is 0 Å². The Morgan fingerprint density at radius 1 is 1.12 bits per heavy atom. The molecule has 0 saturated carbocycles. The van der Waals surface area contributed by atoms with E-state index in [9.17, 15) is 0 Å². The highest BCUT2D eigenvalue weighted by atomic mass is 15.2. The second-order valence-electron chi connectivity index (χ2n) is 7.01. The Morgan fingerprint density at radius 2 is 1.88 bits per heavy atom. The molecule has 0 aliphatic carbocycles. The molecule has 0 unspecified atom stereocenters. The molecule has 0 atom stereocenters. The Labute approximate surface area is 148 Å². The van der Waals surface area contributed by atoms with E-state index in [4.69, 9.17) is 0 Å². The first-order valence-corrected chi connectivity index (χ1v) is 9.04. The molecule has 2 N–H and O–H groups in total. The summed E-state index contributed by atoms with van der Waals surface area (Å²) in [7, 11) is 0. The van der Waals surface area contributed by atoms with Crippen LogP contribution in [-0.2, 0) is 6.54 Å². The standard InChI is InChI=1S/C20H25N5/c1-14-12-18-19(21-14)22-15(2)23-20(18)24-17-8-10-25(11-9-17)13-16-6-4-3-5-7-16/h3-7,12,17H,8-11,13H2,1-2H3,(H2,21,22,23,24). The van der Waals surface area contributed by atoms with Gasteiger partial charge in [0.25, 0.3) is 0 Å². The van der Waals surface area contributed by atoms with Crippen LogP contribution >= 0.6 is 0 Å². The minimum Gasteiger partial charge on any atom is -0.367 e. The quantitative estimate of drug-likeness (QED) is 0.764. The van der Waals surface area contributed by atoms with Crippen LogP contribution in [0.3, 0.4) is 0 Å². The maximum Gasteiger partial charge on any atom is 0.143 e. The van der Waals surface area contributed by atoms with Crippen LogP contribution in [0.4, 0.5) is 5.82 Å². The first-order chi connectivity index (χ1) is 12.2. The fourth-order valence-electron chi connectivity index (χ4n) is 3.63. The van der Waals surface area contributed by atoms with Crippen molar-refractivity contribution in [1.82, 2.24) is 19.9 Å². The van der Waals surface area contributed by atoms with Crippen molar-refractivity contribution < 1.29 is 0 Å². The zero-order valence-electron chi connectivity index (χ0n) is 14.9. The van der Waals surface area contributed by atoms with Crippen molar-refractivity contribution in [3.8, 4) is 0 Å². The lowest BCUT2D eigenvalue weighted by molar-refractivity contribution is 0.211. The van der Waals surface area contributed by atoms with E-state index in [0.717, 1.165) is 60.8 Å². The molecule has 1 aromatic carbocycles. The number of hydrogen-bond donors (Lipinski definition) is 2. The first-order valence-electron chi connectivity index (χ1n) is 9.04. The molecule has 1 saturated heterocycles. The van der Waals surface area contributed by atoms with Crippen molar-refractivity contribution in [2.75, 3.05) is 18.4 Å². The number of aryl methyl sites for hydroxylation is 2. The number of nitrogens with one attached hydrogen (secondary N) is 2. The molecule has 25 heavy (non-hydrogen) atoms. The van der Waals surface area contributed by atoms with Gasteiger partial charge in [0.15, 0.2) is 0 Å². The number of anilines is 1. The van der Waals surface area contributed by atoms with E-state index in [0.29, 0.717) is 6.04 Å². The highest BCUT2D eigenvalue weighted by Crippen LogP contribution is 2.24. The number of aromatic nitrogens is 3. The number of rotatable bonds is 4. The number of fused-ring (bicyclic) bond motifs is 1. The topological polar surface area (TPSA) is 56.8 Å². The van der Waals surface area contributed by atoms with E-state index < -0.39 is 0 Å². The summed E-state index contributed by atoms with van der Waals surface area (Å²) in [6, 6.07) is 13.3. The molecule has 5 heteroatoms. The van der Waals surface area contributed by atoms with Crippen LogP contribution in [0, 0.1) is 13.8 Å². The minimum atomic E-state index is 0.472. The van der Waals surface area contributed by atoms with Gasteiger partial charge in [-0.2, -0.15) is 0 Å². The molecule has 0 radical (unpaired) electrons. The predicted octanol–water partition coefficient (Wildman–Crippen LogP) is 3.65. The minimum absolute atomic E-state index is 0.472. The molecule has 5 nitrogen and oxygen atoms in total. The monoisotopic (exact) mass is 335 g/mol. The molecule has 0 bridgehead atoms. The normalized spacial score (nSPS) is 16.4. The SMILES string of the molecule is Cc1nc(NC2CCN(Cc3ccccc3)CC2)c2cc(C)[nH]c2n1. The van der Waals surface area contributed by atoms with E-state index >= 15 is 0 Å². The van der Waals surface area contributed by atoms with Crippen LogP contribution in [0.15, 0.2) is 36.4 Å². The summed E-state index contributed by atoms with van der Waals surface area (Å²) in [4.78, 5) is 15.0. The third-order valence-corrected chi connectivity index (χ3v) is 4.91. The summed E-state index contributed by atoms with van der Waals surface area (Å²) in [5.41, 5.74) is 3.44. The summed E-state index contributed by atoms with van der Waals surface area (Å²) in [5.74, 6) is 1.77. The van der Waals surface area contributed by atoms with Crippen molar-refractivity contribution in [1.29, 1.82) is 0 Å². The zero-order chi connectivity index (χ0) is 17.2. The van der Waals surface area contributed by atoms with E-state index in [2.05, 4.69) is 68.5 Å². The van der Waals surface area contributed by atoms with Crippen LogP contribution in [0.5, 0.6) is 0 Å². The Kier molecular flexibility index (Phi) is 4.40. The summed E-state index contributed by atoms with van der Waals surface area (Å²) in [6.07, 6.45) is 2.28. The fourth-order valence-corrected chi connectivity index (χ4v) is 3.63. The number of piperidine rings is 1. The van der Waals surface area contributed by atoms with Crippen LogP contribution in [0.25, 0.3) is 11.0 Å². The van der Waals surface area contributed by atoms with E-state index in [1.807, 2.05) is 6.92 Å². The van der Waals surface area contributed by atoms with E-state index in [1.54, 1.807) is 0 Å². The number of benzene rings is 1. The van der Waals surface area contributed by atoms with E-state index in [1.165, 1.54) is 5.56 Å². The molecule has 0 spiro atoms. The highest BCUT2D eigenvalue weighted by Gasteiger charge is 2.20. The van der Waals surface area contributed by atoms with Crippen molar-refractivity contribution >= 4 is 16.9 Å². The van der Waals surface area contributed by atoms with Crippen LogP contribution in [0.1, 0.15) is 29.9 Å². The van der Waals surface area contributed by atoms with Crippen LogP contribution in [-0.4, -0.2) is 39.0 Å². The van der Waals surface area contributed by atoms with Crippen molar-refractivity contribution in [2.24, 2.45) is 0 Å². The number of nitrogens with zero attached hydrogens (tertiary/aromatic N) is 3. The second-order valence-corrected chi connectivity index (χ2v) is 7.01. The maximum atomic E-state index is 4.64. The molecular formula is C20H25N5. The molecule has 130 valence electrons. The first kappa shape index (κ1) is 16.1. The fraction of sp³-hybridized carbons (Fsp3) is 0.400. The number of hydrogen-bond acceptors (Lipinski definition) is 4. The predicted molar refractivity (Wildman–Crippen MR) is 102 cm³/mol. The molecule has 2 aromatic heterocycles. The lowest BCUT2D eigenvalue weighted by atomic mass is 10.0. The third kappa shape index (κ3) is 3.66. The Hall–Kier alpha value is -2.40. The van der Waals surface area contributed by atoms with Gasteiger partial charge in [-0.05, 0) is 38.3 Å². The van der Waals surface area contributed by atoms with Gasteiger partial charge in [-0.1, -0.05) is 30.3 Å². The number of likely N-dealkylation sites (tertiary alicyclic amines) is 1.